The molecule has 6 heteroatoms. The van der Waals surface area contributed by atoms with E-state index in [0.717, 1.165) is 28.5 Å². The first-order chi connectivity index (χ1) is 8.45. The van der Waals surface area contributed by atoms with Gasteiger partial charge in [-0.3, -0.25) is 4.79 Å². The zero-order valence-corrected chi connectivity index (χ0v) is 12.5. The third kappa shape index (κ3) is 2.39. The lowest BCUT2D eigenvalue weighted by molar-refractivity contribution is -0.141. The normalized spacial score (nSPS) is 17.0. The summed E-state index contributed by atoms with van der Waals surface area (Å²) in [7, 11) is 1.79. The first kappa shape index (κ1) is 13.8. The van der Waals surface area contributed by atoms with Crippen molar-refractivity contribution in [2.75, 3.05) is 7.05 Å². The number of nitrogens with two attached hydrogens (primary N) is 1. The van der Waals surface area contributed by atoms with E-state index in [4.69, 9.17) is 29.6 Å². The molecule has 0 spiro atoms. The van der Waals surface area contributed by atoms with Crippen molar-refractivity contribution in [3.8, 4) is 0 Å². The Hall–Kier alpha value is -0.650. The number of carbonyl (C=O) groups is 1. The summed E-state index contributed by atoms with van der Waals surface area (Å²) in [4.78, 5) is 15.5. The lowest BCUT2D eigenvalue weighted by Gasteiger charge is -2.41. The number of carbonyl (C=O) groups excluding carboxylic acids is 1. The molecule has 1 aromatic rings. The second kappa shape index (κ2) is 5.15. The summed E-state index contributed by atoms with van der Waals surface area (Å²) >= 11 is 12.4. The van der Waals surface area contributed by atoms with Gasteiger partial charge in [-0.25, -0.2) is 0 Å². The zero-order chi connectivity index (χ0) is 13.3. The molecule has 3 nitrogen and oxygen atoms in total. The maximum Gasteiger partial charge on any atom is 0.235 e. The van der Waals surface area contributed by atoms with E-state index in [1.54, 1.807) is 11.9 Å². The lowest BCUT2D eigenvalue weighted by Crippen LogP contribution is -2.53. The van der Waals surface area contributed by atoms with Gasteiger partial charge in [-0.15, -0.1) is 11.3 Å². The van der Waals surface area contributed by atoms with Crippen molar-refractivity contribution in [1.82, 2.24) is 4.90 Å². The average molecular weight is 303 g/mol. The van der Waals surface area contributed by atoms with Crippen molar-refractivity contribution in [2.24, 2.45) is 11.1 Å². The van der Waals surface area contributed by atoms with E-state index >= 15 is 0 Å². The van der Waals surface area contributed by atoms with Gasteiger partial charge in [0.1, 0.15) is 0 Å². The van der Waals surface area contributed by atoms with Gasteiger partial charge >= 0.3 is 0 Å². The van der Waals surface area contributed by atoms with Gasteiger partial charge in [0.05, 0.1) is 21.3 Å². The van der Waals surface area contributed by atoms with Crippen molar-refractivity contribution in [3.63, 3.8) is 0 Å². The van der Waals surface area contributed by atoms with Gasteiger partial charge < -0.3 is 10.6 Å². The number of rotatable bonds is 4. The highest BCUT2D eigenvalue weighted by molar-refractivity contribution is 7.80. The SMILES string of the molecule is CN(Cc1ccc(Cl)s1)C(=O)C1(C(N)=S)CCC1. The molecule has 0 bridgehead atoms. The van der Waals surface area contributed by atoms with Crippen LogP contribution in [0.2, 0.25) is 4.34 Å². The van der Waals surface area contributed by atoms with Gasteiger partial charge in [-0.2, -0.15) is 0 Å². The second-order valence-corrected chi connectivity index (χ2v) is 6.91. The van der Waals surface area contributed by atoms with Crippen LogP contribution in [0.4, 0.5) is 0 Å². The minimum absolute atomic E-state index is 0.0331. The van der Waals surface area contributed by atoms with Crippen LogP contribution in [-0.4, -0.2) is 22.8 Å². The van der Waals surface area contributed by atoms with Gasteiger partial charge in [0, 0.05) is 11.9 Å². The molecule has 0 radical (unpaired) electrons. The fourth-order valence-corrected chi connectivity index (χ4v) is 3.64. The summed E-state index contributed by atoms with van der Waals surface area (Å²) in [5, 5.41) is 0. The Morgan fingerprint density at radius 3 is 2.67 bits per heavy atom. The molecule has 0 aliphatic heterocycles. The fraction of sp³-hybridized carbons (Fsp3) is 0.500. The summed E-state index contributed by atoms with van der Waals surface area (Å²) in [6, 6.07) is 3.78. The number of thiophene rings is 1. The number of nitrogens with zero attached hydrogens (tertiary/aromatic N) is 1. The molecule has 1 fully saturated rings. The van der Waals surface area contributed by atoms with Crippen LogP contribution in [0.1, 0.15) is 24.1 Å². The average Bonchev–Trinajstić information content (AvgIpc) is 2.61. The van der Waals surface area contributed by atoms with Crippen LogP contribution in [0, 0.1) is 5.41 Å². The van der Waals surface area contributed by atoms with Gasteiger partial charge in [-0.1, -0.05) is 30.2 Å². The largest absolute Gasteiger partial charge is 0.392 e. The smallest absolute Gasteiger partial charge is 0.235 e. The molecule has 2 N–H and O–H groups in total. The molecule has 1 aliphatic rings. The maximum atomic E-state index is 12.4. The third-order valence-corrected chi connectivity index (χ3v) is 5.06. The van der Waals surface area contributed by atoms with Gasteiger partial charge in [0.15, 0.2) is 0 Å². The highest BCUT2D eigenvalue weighted by Crippen LogP contribution is 2.43. The Kier molecular flexibility index (Phi) is 3.94. The molecule has 2 rings (SSSR count). The van der Waals surface area contributed by atoms with Crippen LogP contribution < -0.4 is 5.73 Å². The van der Waals surface area contributed by atoms with Crippen LogP contribution >= 0.6 is 35.2 Å². The summed E-state index contributed by atoms with van der Waals surface area (Å²) in [5.74, 6) is 0.0331. The summed E-state index contributed by atoms with van der Waals surface area (Å²) in [5.41, 5.74) is 5.14. The van der Waals surface area contributed by atoms with Crippen molar-refractivity contribution < 1.29 is 4.79 Å². The summed E-state index contributed by atoms with van der Waals surface area (Å²) in [6.07, 6.45) is 2.56. The van der Waals surface area contributed by atoms with Crippen molar-refractivity contribution >= 4 is 46.1 Å². The Labute approximate surface area is 121 Å². The number of amides is 1. The molecular weight excluding hydrogens is 288 g/mol. The van der Waals surface area contributed by atoms with E-state index in [1.165, 1.54) is 11.3 Å². The molecule has 0 saturated heterocycles. The topological polar surface area (TPSA) is 46.3 Å². The number of hydrogen-bond acceptors (Lipinski definition) is 3. The van der Waals surface area contributed by atoms with Gasteiger partial charge in [0.25, 0.3) is 0 Å². The molecule has 1 aliphatic carbocycles. The van der Waals surface area contributed by atoms with Crippen LogP contribution in [0.15, 0.2) is 12.1 Å². The van der Waals surface area contributed by atoms with E-state index in [0.29, 0.717) is 11.5 Å². The highest BCUT2D eigenvalue weighted by atomic mass is 35.5. The zero-order valence-electron chi connectivity index (χ0n) is 10.1. The first-order valence-corrected chi connectivity index (χ1v) is 7.36. The van der Waals surface area contributed by atoms with E-state index in [1.807, 2.05) is 12.1 Å². The van der Waals surface area contributed by atoms with Crippen molar-refractivity contribution in [1.29, 1.82) is 0 Å². The molecule has 1 heterocycles. The van der Waals surface area contributed by atoms with Gasteiger partial charge in [0.2, 0.25) is 5.91 Å². The predicted molar refractivity (Wildman–Crippen MR) is 78.9 cm³/mol. The predicted octanol–water partition coefficient (Wildman–Crippen LogP) is 2.82. The van der Waals surface area contributed by atoms with Crippen molar-refractivity contribution in [2.45, 2.75) is 25.8 Å². The quantitative estimate of drug-likeness (QED) is 0.870. The Balaban J connectivity index is 2.07. The van der Waals surface area contributed by atoms with E-state index in [2.05, 4.69) is 0 Å². The Morgan fingerprint density at radius 2 is 2.28 bits per heavy atom. The number of thiocarbonyl (C=S) groups is 1. The standard InChI is InChI=1S/C12H15ClN2OS2/c1-15(7-8-3-4-9(13)18-8)11(16)12(10(14)17)5-2-6-12/h3-4H,2,5-7H2,1H3,(H2,14,17). The molecule has 1 aromatic heterocycles. The van der Waals surface area contributed by atoms with Crippen LogP contribution in [0.5, 0.6) is 0 Å². The number of halogens is 1. The minimum Gasteiger partial charge on any atom is -0.392 e. The summed E-state index contributed by atoms with van der Waals surface area (Å²) < 4.78 is 0.735. The van der Waals surface area contributed by atoms with E-state index in [-0.39, 0.29) is 5.91 Å². The Morgan fingerprint density at radius 1 is 1.61 bits per heavy atom. The second-order valence-electron chi connectivity index (χ2n) is 4.67. The lowest BCUT2D eigenvalue weighted by atomic mass is 9.67. The van der Waals surface area contributed by atoms with Gasteiger partial charge in [-0.05, 0) is 25.0 Å². The van der Waals surface area contributed by atoms with Crippen LogP contribution in [-0.2, 0) is 11.3 Å². The maximum absolute atomic E-state index is 12.4. The molecule has 0 unspecified atom stereocenters. The Bertz CT molecular complexity index is 482. The van der Waals surface area contributed by atoms with Crippen LogP contribution in [0.3, 0.4) is 0 Å². The van der Waals surface area contributed by atoms with E-state index in [9.17, 15) is 4.79 Å². The van der Waals surface area contributed by atoms with Crippen LogP contribution in [0.25, 0.3) is 0 Å². The highest BCUT2D eigenvalue weighted by Gasteiger charge is 2.48. The fourth-order valence-electron chi connectivity index (χ4n) is 2.20. The monoisotopic (exact) mass is 302 g/mol. The molecule has 0 atom stereocenters. The first-order valence-electron chi connectivity index (χ1n) is 5.75. The molecule has 0 aromatic carbocycles. The van der Waals surface area contributed by atoms with Crippen molar-refractivity contribution in [3.05, 3.63) is 21.3 Å². The molecule has 98 valence electrons. The molecule has 1 saturated carbocycles. The molecule has 18 heavy (non-hydrogen) atoms. The molecule has 1 amide bonds. The van der Waals surface area contributed by atoms with E-state index < -0.39 is 5.41 Å². The minimum atomic E-state index is -0.592. The third-order valence-electron chi connectivity index (χ3n) is 3.46. The number of hydrogen-bond donors (Lipinski definition) is 1. The summed E-state index contributed by atoms with van der Waals surface area (Å²) in [6.45, 7) is 0.556. The molecular formula is C12H15ClN2OS2.